The van der Waals surface area contributed by atoms with Crippen LogP contribution in [0.1, 0.15) is 11.6 Å². The second-order valence-corrected chi connectivity index (χ2v) is 5.78. The number of hydrogen-bond acceptors (Lipinski definition) is 3. The van der Waals surface area contributed by atoms with E-state index in [2.05, 4.69) is 15.6 Å². The number of hydrogen-bond donors (Lipinski definition) is 3. The molecule has 24 heavy (non-hydrogen) atoms. The molecule has 0 aliphatic heterocycles. The van der Waals surface area contributed by atoms with E-state index in [1.54, 1.807) is 18.3 Å². The first kappa shape index (κ1) is 16.3. The standard InChI is InChI=1S/C18H17FN4S/c19-15-4-1-12(2-5-15)17(10-20)23-18(24)22-16-6-3-14-11-21-8-7-13(14)9-16/h1-9,11,17H,10,20H2,(H2,22,23,24). The zero-order valence-corrected chi connectivity index (χ0v) is 13.7. The highest BCUT2D eigenvalue weighted by Crippen LogP contribution is 2.18. The number of aromatic nitrogens is 1. The Morgan fingerprint density at radius 2 is 1.92 bits per heavy atom. The molecule has 1 aromatic heterocycles. The number of nitrogens with zero attached hydrogens (tertiary/aromatic N) is 1. The smallest absolute Gasteiger partial charge is 0.171 e. The molecule has 0 saturated carbocycles. The van der Waals surface area contributed by atoms with Crippen LogP contribution in [0.4, 0.5) is 10.1 Å². The maximum absolute atomic E-state index is 13.0. The number of thiocarbonyl (C=S) groups is 1. The van der Waals surface area contributed by atoms with Gasteiger partial charge in [-0.25, -0.2) is 4.39 Å². The molecular weight excluding hydrogens is 323 g/mol. The summed E-state index contributed by atoms with van der Waals surface area (Å²) in [6.45, 7) is 0.344. The molecule has 1 heterocycles. The molecule has 1 atom stereocenters. The molecule has 0 bridgehead atoms. The van der Waals surface area contributed by atoms with E-state index in [1.165, 1.54) is 12.1 Å². The van der Waals surface area contributed by atoms with E-state index in [9.17, 15) is 4.39 Å². The third kappa shape index (κ3) is 3.84. The summed E-state index contributed by atoms with van der Waals surface area (Å²) in [6.07, 6.45) is 3.57. The molecule has 0 aliphatic carbocycles. The van der Waals surface area contributed by atoms with E-state index in [0.29, 0.717) is 11.7 Å². The Bertz CT molecular complexity index is 851. The number of benzene rings is 2. The van der Waals surface area contributed by atoms with Gasteiger partial charge in [-0.2, -0.15) is 0 Å². The van der Waals surface area contributed by atoms with Gasteiger partial charge in [0.05, 0.1) is 6.04 Å². The lowest BCUT2D eigenvalue weighted by molar-refractivity contribution is 0.620. The van der Waals surface area contributed by atoms with Gasteiger partial charge >= 0.3 is 0 Å². The van der Waals surface area contributed by atoms with Gasteiger partial charge in [0, 0.05) is 30.0 Å². The molecule has 4 nitrogen and oxygen atoms in total. The normalized spacial score (nSPS) is 11.9. The fourth-order valence-corrected chi connectivity index (χ4v) is 2.72. The first-order chi connectivity index (χ1) is 11.7. The van der Waals surface area contributed by atoms with Gasteiger partial charge in [-0.15, -0.1) is 0 Å². The predicted octanol–water partition coefficient (Wildman–Crippen LogP) is 3.36. The fraction of sp³-hybridized carbons (Fsp3) is 0.111. The summed E-state index contributed by atoms with van der Waals surface area (Å²) in [5.74, 6) is -0.277. The first-order valence-electron chi connectivity index (χ1n) is 7.52. The Balaban J connectivity index is 1.69. The summed E-state index contributed by atoms with van der Waals surface area (Å²) < 4.78 is 13.0. The van der Waals surface area contributed by atoms with Crippen molar-refractivity contribution >= 4 is 33.8 Å². The zero-order chi connectivity index (χ0) is 16.9. The Morgan fingerprint density at radius 1 is 1.12 bits per heavy atom. The molecule has 122 valence electrons. The van der Waals surface area contributed by atoms with E-state index in [-0.39, 0.29) is 11.9 Å². The molecular formula is C18H17FN4S. The largest absolute Gasteiger partial charge is 0.354 e. The van der Waals surface area contributed by atoms with Crippen LogP contribution in [0.3, 0.4) is 0 Å². The highest BCUT2D eigenvalue weighted by Gasteiger charge is 2.11. The Morgan fingerprint density at radius 3 is 2.67 bits per heavy atom. The maximum Gasteiger partial charge on any atom is 0.171 e. The van der Waals surface area contributed by atoms with Gasteiger partial charge in [0.25, 0.3) is 0 Å². The van der Waals surface area contributed by atoms with E-state index < -0.39 is 0 Å². The van der Waals surface area contributed by atoms with Gasteiger partial charge in [-0.3, -0.25) is 4.98 Å². The van der Waals surface area contributed by atoms with Gasteiger partial charge in [0.2, 0.25) is 0 Å². The molecule has 3 aromatic rings. The molecule has 0 amide bonds. The second-order valence-electron chi connectivity index (χ2n) is 5.38. The first-order valence-corrected chi connectivity index (χ1v) is 7.93. The minimum absolute atomic E-state index is 0.185. The van der Waals surface area contributed by atoms with Crippen molar-refractivity contribution < 1.29 is 4.39 Å². The minimum Gasteiger partial charge on any atom is -0.354 e. The number of nitrogens with one attached hydrogen (secondary N) is 2. The van der Waals surface area contributed by atoms with Crippen molar-refractivity contribution in [2.24, 2.45) is 5.73 Å². The van der Waals surface area contributed by atoms with Gasteiger partial charge in [-0.05, 0) is 53.5 Å². The SMILES string of the molecule is NCC(NC(=S)Nc1ccc2cnccc2c1)c1ccc(F)cc1. The summed E-state index contributed by atoms with van der Waals surface area (Å²) in [7, 11) is 0. The van der Waals surface area contributed by atoms with Crippen molar-refractivity contribution in [3.8, 4) is 0 Å². The van der Waals surface area contributed by atoms with Gasteiger partial charge in [0.15, 0.2) is 5.11 Å². The van der Waals surface area contributed by atoms with Crippen molar-refractivity contribution in [3.63, 3.8) is 0 Å². The van der Waals surface area contributed by atoms with Crippen LogP contribution in [0.15, 0.2) is 60.9 Å². The summed E-state index contributed by atoms with van der Waals surface area (Å²) in [5, 5.41) is 8.91. The van der Waals surface area contributed by atoms with Gasteiger partial charge in [0.1, 0.15) is 5.82 Å². The van der Waals surface area contributed by atoms with Gasteiger partial charge < -0.3 is 16.4 Å². The van der Waals surface area contributed by atoms with Crippen molar-refractivity contribution in [2.75, 3.05) is 11.9 Å². The topological polar surface area (TPSA) is 63.0 Å². The molecule has 2 aromatic carbocycles. The monoisotopic (exact) mass is 340 g/mol. The van der Waals surface area contributed by atoms with Crippen LogP contribution in [-0.2, 0) is 0 Å². The van der Waals surface area contributed by atoms with E-state index in [0.717, 1.165) is 22.0 Å². The Kier molecular flexibility index (Phi) is 4.98. The number of pyridine rings is 1. The van der Waals surface area contributed by atoms with Crippen LogP contribution in [0.25, 0.3) is 10.8 Å². The molecule has 3 rings (SSSR count). The molecule has 0 saturated heterocycles. The number of rotatable bonds is 4. The lowest BCUT2D eigenvalue weighted by Gasteiger charge is -2.20. The summed E-state index contributed by atoms with van der Waals surface area (Å²) in [6, 6.07) is 13.9. The quantitative estimate of drug-likeness (QED) is 0.636. The Hall–Kier alpha value is -2.57. The molecule has 0 spiro atoms. The lowest BCUT2D eigenvalue weighted by Crippen LogP contribution is -2.36. The highest BCUT2D eigenvalue weighted by atomic mass is 32.1. The summed E-state index contributed by atoms with van der Waals surface area (Å²) in [4.78, 5) is 4.09. The number of nitrogens with two attached hydrogens (primary N) is 1. The average molecular weight is 340 g/mol. The van der Waals surface area contributed by atoms with Crippen molar-refractivity contribution in [2.45, 2.75) is 6.04 Å². The predicted molar refractivity (Wildman–Crippen MR) is 99.3 cm³/mol. The van der Waals surface area contributed by atoms with Gasteiger partial charge in [-0.1, -0.05) is 18.2 Å². The van der Waals surface area contributed by atoms with E-state index in [4.69, 9.17) is 18.0 Å². The van der Waals surface area contributed by atoms with Crippen LogP contribution in [0.5, 0.6) is 0 Å². The zero-order valence-electron chi connectivity index (χ0n) is 12.9. The minimum atomic E-state index is -0.277. The fourth-order valence-electron chi connectivity index (χ4n) is 2.46. The third-order valence-electron chi connectivity index (χ3n) is 3.71. The van der Waals surface area contributed by atoms with Crippen LogP contribution < -0.4 is 16.4 Å². The molecule has 4 N–H and O–H groups in total. The van der Waals surface area contributed by atoms with Crippen LogP contribution in [-0.4, -0.2) is 16.6 Å². The molecule has 1 unspecified atom stereocenters. The third-order valence-corrected chi connectivity index (χ3v) is 3.93. The van der Waals surface area contributed by atoms with Crippen LogP contribution >= 0.6 is 12.2 Å². The van der Waals surface area contributed by atoms with Crippen molar-refractivity contribution in [1.29, 1.82) is 0 Å². The lowest BCUT2D eigenvalue weighted by atomic mass is 10.1. The van der Waals surface area contributed by atoms with E-state index in [1.807, 2.05) is 30.5 Å². The number of fused-ring (bicyclic) bond motifs is 1. The average Bonchev–Trinajstić information content (AvgIpc) is 2.60. The van der Waals surface area contributed by atoms with Crippen LogP contribution in [0.2, 0.25) is 0 Å². The molecule has 0 radical (unpaired) electrons. The van der Waals surface area contributed by atoms with Crippen molar-refractivity contribution in [1.82, 2.24) is 10.3 Å². The van der Waals surface area contributed by atoms with Crippen LogP contribution in [0, 0.1) is 5.82 Å². The summed E-state index contributed by atoms with van der Waals surface area (Å²) >= 11 is 5.36. The number of halogens is 1. The van der Waals surface area contributed by atoms with Crippen molar-refractivity contribution in [3.05, 3.63) is 72.3 Å². The summed E-state index contributed by atoms with van der Waals surface area (Å²) in [5.41, 5.74) is 7.57. The molecule has 0 fully saturated rings. The Labute approximate surface area is 144 Å². The number of anilines is 1. The maximum atomic E-state index is 13.0. The molecule has 0 aliphatic rings. The van der Waals surface area contributed by atoms with E-state index >= 15 is 0 Å². The second kappa shape index (κ2) is 7.33. The molecule has 6 heteroatoms. The highest BCUT2D eigenvalue weighted by molar-refractivity contribution is 7.80.